The largest absolute Gasteiger partial charge is 0.481 e. The molecule has 3 rings (SSSR count). The first kappa shape index (κ1) is 17.0. The number of likely N-dealkylation sites (tertiary alicyclic amines) is 1. The molecule has 1 unspecified atom stereocenters. The third-order valence-corrected chi connectivity index (χ3v) is 4.42. The Morgan fingerprint density at radius 2 is 1.96 bits per heavy atom. The lowest BCUT2D eigenvalue weighted by Crippen LogP contribution is -2.46. The summed E-state index contributed by atoms with van der Waals surface area (Å²) in [4.78, 5) is 29.2. The van der Waals surface area contributed by atoms with Crippen molar-refractivity contribution in [1.82, 2.24) is 15.2 Å². The van der Waals surface area contributed by atoms with E-state index in [1.165, 1.54) is 0 Å². The molecule has 1 aliphatic rings. The number of aromatic nitrogens is 1. The van der Waals surface area contributed by atoms with Gasteiger partial charge in [-0.1, -0.05) is 30.3 Å². The molecule has 1 aromatic heterocycles. The lowest BCUT2D eigenvalue weighted by Gasteiger charge is -2.30. The van der Waals surface area contributed by atoms with Crippen LogP contribution >= 0.6 is 0 Å². The van der Waals surface area contributed by atoms with E-state index in [2.05, 4.69) is 10.3 Å². The number of benzene rings is 1. The number of rotatable bonds is 4. The maximum atomic E-state index is 12.3. The second kappa shape index (κ2) is 7.38. The predicted octanol–water partition coefficient (Wildman–Crippen LogP) is 2.91. The molecule has 2 heterocycles. The second-order valence-electron chi connectivity index (χ2n) is 6.20. The van der Waals surface area contributed by atoms with Gasteiger partial charge < -0.3 is 19.7 Å². The van der Waals surface area contributed by atoms with Gasteiger partial charge in [-0.25, -0.2) is 9.78 Å². The van der Waals surface area contributed by atoms with Crippen molar-refractivity contribution in [3.8, 4) is 11.3 Å². The number of carbonyl (C=O) groups excluding carboxylic acids is 1. The molecule has 0 spiro atoms. The predicted molar refractivity (Wildman–Crippen MR) is 90.8 cm³/mol. The van der Waals surface area contributed by atoms with Crippen LogP contribution in [0.25, 0.3) is 11.3 Å². The first-order chi connectivity index (χ1) is 12.0. The van der Waals surface area contributed by atoms with E-state index in [9.17, 15) is 9.59 Å². The Labute approximate surface area is 145 Å². The number of nitrogens with one attached hydrogen (secondary N) is 1. The zero-order valence-corrected chi connectivity index (χ0v) is 14.0. The zero-order chi connectivity index (χ0) is 17.8. The van der Waals surface area contributed by atoms with E-state index in [1.54, 1.807) is 11.1 Å². The first-order valence-electron chi connectivity index (χ1n) is 8.34. The Morgan fingerprint density at radius 3 is 2.60 bits per heavy atom. The number of piperidine rings is 1. The lowest BCUT2D eigenvalue weighted by molar-refractivity contribution is -0.143. The summed E-state index contributed by atoms with van der Waals surface area (Å²) in [5, 5.41) is 11.9. The summed E-state index contributed by atoms with van der Waals surface area (Å²) in [6.45, 7) is 2.69. The van der Waals surface area contributed by atoms with Gasteiger partial charge in [-0.3, -0.25) is 4.79 Å². The van der Waals surface area contributed by atoms with E-state index >= 15 is 0 Å². The number of hydrogen-bond donors (Lipinski definition) is 2. The van der Waals surface area contributed by atoms with Crippen LogP contribution in [0.3, 0.4) is 0 Å². The number of nitrogens with zero attached hydrogens (tertiary/aromatic N) is 2. The number of urea groups is 1. The number of carboxylic acid groups (broad SMARTS) is 1. The summed E-state index contributed by atoms with van der Waals surface area (Å²) >= 11 is 0. The molecule has 0 aliphatic carbocycles. The maximum absolute atomic E-state index is 12.3. The van der Waals surface area contributed by atoms with Crippen LogP contribution in [0.4, 0.5) is 4.79 Å². The highest BCUT2D eigenvalue weighted by molar-refractivity contribution is 5.75. The van der Waals surface area contributed by atoms with Crippen LogP contribution < -0.4 is 5.32 Å². The van der Waals surface area contributed by atoms with Crippen molar-refractivity contribution >= 4 is 12.0 Å². The van der Waals surface area contributed by atoms with Gasteiger partial charge in [-0.05, 0) is 19.8 Å². The number of oxazole rings is 1. The summed E-state index contributed by atoms with van der Waals surface area (Å²) < 4.78 is 5.75. The van der Waals surface area contributed by atoms with Gasteiger partial charge in [-0.15, -0.1) is 0 Å². The molecule has 7 heteroatoms. The van der Waals surface area contributed by atoms with Crippen LogP contribution in [0.15, 0.2) is 40.9 Å². The highest BCUT2D eigenvalue weighted by Crippen LogP contribution is 2.23. The van der Waals surface area contributed by atoms with Crippen molar-refractivity contribution in [2.75, 3.05) is 13.1 Å². The van der Waals surface area contributed by atoms with Crippen molar-refractivity contribution in [3.05, 3.63) is 42.4 Å². The minimum atomic E-state index is -0.790. The normalized spacial score (nSPS) is 16.4. The summed E-state index contributed by atoms with van der Waals surface area (Å²) in [5.74, 6) is -0.0603. The molecular weight excluding hydrogens is 322 g/mol. The van der Waals surface area contributed by atoms with E-state index in [-0.39, 0.29) is 18.0 Å². The molecule has 0 radical (unpaired) electrons. The Bertz CT molecular complexity index is 736. The molecule has 2 aromatic rings. The SMILES string of the molecule is CC(NC(=O)N1CCC(C(=O)O)CC1)c1ncc(-c2ccccc2)o1. The van der Waals surface area contributed by atoms with Gasteiger partial charge >= 0.3 is 12.0 Å². The molecule has 7 nitrogen and oxygen atoms in total. The molecule has 1 aliphatic heterocycles. The van der Waals surface area contributed by atoms with E-state index in [0.29, 0.717) is 37.6 Å². The quantitative estimate of drug-likeness (QED) is 0.890. The van der Waals surface area contributed by atoms with Crippen LogP contribution in [0.2, 0.25) is 0 Å². The third kappa shape index (κ3) is 3.99. The lowest BCUT2D eigenvalue weighted by atomic mass is 9.97. The Hall–Kier alpha value is -2.83. The standard InChI is InChI=1S/C18H21N3O4/c1-12(16-19-11-15(25-16)13-5-3-2-4-6-13)20-18(24)21-9-7-14(8-10-21)17(22)23/h2-6,11-12,14H,7-10H2,1H3,(H,20,24)(H,22,23). The monoisotopic (exact) mass is 343 g/mol. The third-order valence-electron chi connectivity index (χ3n) is 4.42. The van der Waals surface area contributed by atoms with Crippen molar-refractivity contribution in [2.45, 2.75) is 25.8 Å². The van der Waals surface area contributed by atoms with E-state index in [1.807, 2.05) is 37.3 Å². The van der Waals surface area contributed by atoms with Crippen molar-refractivity contribution < 1.29 is 19.1 Å². The zero-order valence-electron chi connectivity index (χ0n) is 14.0. The van der Waals surface area contributed by atoms with Gasteiger partial charge in [0.15, 0.2) is 5.76 Å². The summed E-state index contributed by atoms with van der Waals surface area (Å²) in [6.07, 6.45) is 2.61. The Balaban J connectivity index is 1.57. The Morgan fingerprint density at radius 1 is 1.28 bits per heavy atom. The molecular formula is C18H21N3O4. The summed E-state index contributed by atoms with van der Waals surface area (Å²) in [6, 6.07) is 9.03. The maximum Gasteiger partial charge on any atom is 0.318 e. The highest BCUT2D eigenvalue weighted by atomic mass is 16.4. The van der Waals surface area contributed by atoms with Crippen molar-refractivity contribution in [3.63, 3.8) is 0 Å². The average Bonchev–Trinajstić information content (AvgIpc) is 3.13. The van der Waals surface area contributed by atoms with Crippen LogP contribution in [0.5, 0.6) is 0 Å². The summed E-state index contributed by atoms with van der Waals surface area (Å²) in [5.41, 5.74) is 0.926. The molecule has 2 N–H and O–H groups in total. The minimum absolute atomic E-state index is 0.226. The molecule has 1 fully saturated rings. The second-order valence-corrected chi connectivity index (χ2v) is 6.20. The number of aliphatic carboxylic acids is 1. The van der Waals surface area contributed by atoms with E-state index < -0.39 is 5.97 Å². The fourth-order valence-electron chi connectivity index (χ4n) is 2.89. The molecule has 1 atom stereocenters. The van der Waals surface area contributed by atoms with Crippen LogP contribution in [0, 0.1) is 5.92 Å². The number of hydrogen-bond acceptors (Lipinski definition) is 4. The molecule has 132 valence electrons. The van der Waals surface area contributed by atoms with E-state index in [4.69, 9.17) is 9.52 Å². The van der Waals surface area contributed by atoms with Crippen molar-refractivity contribution in [1.29, 1.82) is 0 Å². The fraction of sp³-hybridized carbons (Fsp3) is 0.389. The van der Waals surface area contributed by atoms with Crippen LogP contribution in [0.1, 0.15) is 31.7 Å². The minimum Gasteiger partial charge on any atom is -0.481 e. The molecule has 2 amide bonds. The van der Waals surface area contributed by atoms with E-state index in [0.717, 1.165) is 5.56 Å². The van der Waals surface area contributed by atoms with Crippen LogP contribution in [-0.2, 0) is 4.79 Å². The first-order valence-corrected chi connectivity index (χ1v) is 8.34. The summed E-state index contributed by atoms with van der Waals surface area (Å²) in [7, 11) is 0. The fourth-order valence-corrected chi connectivity index (χ4v) is 2.89. The van der Waals surface area contributed by atoms with Gasteiger partial charge in [0.2, 0.25) is 5.89 Å². The van der Waals surface area contributed by atoms with Gasteiger partial charge in [0.05, 0.1) is 12.1 Å². The molecule has 0 saturated carbocycles. The smallest absolute Gasteiger partial charge is 0.318 e. The van der Waals surface area contributed by atoms with Gasteiger partial charge in [-0.2, -0.15) is 0 Å². The molecule has 0 bridgehead atoms. The topological polar surface area (TPSA) is 95.7 Å². The average molecular weight is 343 g/mol. The van der Waals surface area contributed by atoms with Gasteiger partial charge in [0.1, 0.15) is 6.04 Å². The van der Waals surface area contributed by atoms with Crippen LogP contribution in [-0.4, -0.2) is 40.1 Å². The Kier molecular flexibility index (Phi) is 5.02. The molecule has 1 aromatic carbocycles. The van der Waals surface area contributed by atoms with Gasteiger partial charge in [0, 0.05) is 18.7 Å². The number of carbonyl (C=O) groups is 2. The molecule has 25 heavy (non-hydrogen) atoms. The highest BCUT2D eigenvalue weighted by Gasteiger charge is 2.28. The number of carboxylic acids is 1. The van der Waals surface area contributed by atoms with Gasteiger partial charge in [0.25, 0.3) is 0 Å². The molecule has 1 saturated heterocycles. The van der Waals surface area contributed by atoms with Crippen molar-refractivity contribution in [2.24, 2.45) is 5.92 Å². The number of amides is 2.